The maximum Gasteiger partial charge on any atom is 0.326 e. The summed E-state index contributed by atoms with van der Waals surface area (Å²) < 4.78 is 0. The van der Waals surface area contributed by atoms with Gasteiger partial charge in [0, 0.05) is 13.1 Å². The average Bonchev–Trinajstić information content (AvgIpc) is 2.86. The molecule has 3 amide bonds. The molecule has 4 N–H and O–H groups in total. The third-order valence-electron chi connectivity index (χ3n) is 4.01. The van der Waals surface area contributed by atoms with E-state index in [0.717, 1.165) is 12.8 Å². The van der Waals surface area contributed by atoms with Gasteiger partial charge in [-0.1, -0.05) is 6.42 Å². The minimum atomic E-state index is -1.24. The quantitative estimate of drug-likeness (QED) is 0.653. The first-order valence-electron chi connectivity index (χ1n) is 6.54. The number of urea groups is 1. The Morgan fingerprint density at radius 1 is 1.26 bits per heavy atom. The van der Waals surface area contributed by atoms with E-state index < -0.39 is 23.9 Å². The number of fused-ring (bicyclic) bond motifs is 1. The van der Waals surface area contributed by atoms with Gasteiger partial charge in [-0.05, 0) is 24.7 Å². The molecule has 0 aromatic rings. The minimum absolute atomic E-state index is 0.387. The molecule has 106 valence electrons. The zero-order valence-electron chi connectivity index (χ0n) is 10.7. The summed E-state index contributed by atoms with van der Waals surface area (Å²) in [5.41, 5.74) is 4.97. The van der Waals surface area contributed by atoms with E-state index in [9.17, 15) is 14.4 Å². The van der Waals surface area contributed by atoms with Crippen LogP contribution in [0, 0.1) is 11.8 Å². The lowest BCUT2D eigenvalue weighted by Gasteiger charge is -2.21. The predicted molar refractivity (Wildman–Crippen MR) is 66.2 cm³/mol. The van der Waals surface area contributed by atoms with Crippen molar-refractivity contribution in [1.29, 1.82) is 0 Å². The first-order valence-corrected chi connectivity index (χ1v) is 6.54. The number of carboxylic acid groups (broad SMARTS) is 1. The molecule has 1 aliphatic heterocycles. The Morgan fingerprint density at radius 2 is 1.84 bits per heavy atom. The summed E-state index contributed by atoms with van der Waals surface area (Å²) in [5, 5.41) is 11.3. The summed E-state index contributed by atoms with van der Waals surface area (Å²) in [6, 6.07) is -1.66. The van der Waals surface area contributed by atoms with E-state index in [0.29, 0.717) is 24.9 Å². The normalized spacial score (nSPS) is 26.8. The van der Waals surface area contributed by atoms with Gasteiger partial charge in [-0.2, -0.15) is 0 Å². The van der Waals surface area contributed by atoms with Crippen LogP contribution < -0.4 is 11.1 Å². The van der Waals surface area contributed by atoms with Gasteiger partial charge in [0.25, 0.3) is 0 Å². The Bertz CT molecular complexity index is 386. The Kier molecular flexibility index (Phi) is 3.92. The number of carbonyl (C=O) groups is 3. The second kappa shape index (κ2) is 5.46. The molecule has 7 heteroatoms. The summed E-state index contributed by atoms with van der Waals surface area (Å²) >= 11 is 0. The molecule has 19 heavy (non-hydrogen) atoms. The number of nitrogens with one attached hydrogen (secondary N) is 1. The maximum absolute atomic E-state index is 12.0. The highest BCUT2D eigenvalue weighted by atomic mass is 16.4. The number of rotatable bonds is 4. The van der Waals surface area contributed by atoms with Crippen molar-refractivity contribution in [2.75, 3.05) is 13.1 Å². The summed E-state index contributed by atoms with van der Waals surface area (Å²) in [6.07, 6.45) is 3.10. The average molecular weight is 269 g/mol. The highest BCUT2D eigenvalue weighted by Gasteiger charge is 2.38. The van der Waals surface area contributed by atoms with Crippen LogP contribution in [0.5, 0.6) is 0 Å². The zero-order valence-corrected chi connectivity index (χ0v) is 10.7. The maximum atomic E-state index is 12.0. The van der Waals surface area contributed by atoms with Crippen LogP contribution in [0.2, 0.25) is 0 Å². The van der Waals surface area contributed by atoms with Crippen molar-refractivity contribution in [2.45, 2.75) is 31.7 Å². The Morgan fingerprint density at radius 3 is 2.32 bits per heavy atom. The molecular weight excluding hydrogens is 250 g/mol. The highest BCUT2D eigenvalue weighted by molar-refractivity contribution is 5.87. The number of nitrogens with two attached hydrogens (primary N) is 1. The molecule has 2 unspecified atom stereocenters. The molecule has 3 atom stereocenters. The number of nitrogens with zero attached hydrogens (tertiary/aromatic N) is 1. The monoisotopic (exact) mass is 269 g/mol. The number of carboxylic acids is 1. The van der Waals surface area contributed by atoms with E-state index in [-0.39, 0.29) is 6.42 Å². The summed E-state index contributed by atoms with van der Waals surface area (Å²) in [7, 11) is 0. The molecule has 1 aliphatic carbocycles. The number of carbonyl (C=O) groups excluding carboxylic acids is 2. The minimum Gasteiger partial charge on any atom is -0.480 e. The lowest BCUT2D eigenvalue weighted by atomic mass is 10.0. The third-order valence-corrected chi connectivity index (χ3v) is 4.01. The van der Waals surface area contributed by atoms with Crippen LogP contribution in [0.1, 0.15) is 25.7 Å². The van der Waals surface area contributed by atoms with E-state index in [2.05, 4.69) is 5.32 Å². The van der Waals surface area contributed by atoms with Gasteiger partial charge in [-0.25, -0.2) is 9.59 Å². The molecule has 1 saturated heterocycles. The lowest BCUT2D eigenvalue weighted by molar-refractivity contribution is -0.140. The molecule has 1 saturated carbocycles. The van der Waals surface area contributed by atoms with Crippen molar-refractivity contribution in [3.05, 3.63) is 0 Å². The second-order valence-corrected chi connectivity index (χ2v) is 5.37. The standard InChI is InChI=1S/C12H19N3O4/c13-10(16)4-9(11(17)18)14-12(19)15-5-7-2-1-3-8(7)6-15/h7-9H,1-6H2,(H2,13,16)(H,14,19)(H,17,18)/t7?,8?,9-/m1/s1. The van der Waals surface area contributed by atoms with E-state index >= 15 is 0 Å². The van der Waals surface area contributed by atoms with Crippen molar-refractivity contribution < 1.29 is 19.5 Å². The van der Waals surface area contributed by atoms with Crippen molar-refractivity contribution in [3.8, 4) is 0 Å². The largest absolute Gasteiger partial charge is 0.480 e. The third kappa shape index (κ3) is 3.15. The van der Waals surface area contributed by atoms with Gasteiger partial charge in [0.15, 0.2) is 0 Å². The fourth-order valence-corrected chi connectivity index (χ4v) is 3.04. The number of hydrogen-bond donors (Lipinski definition) is 3. The molecule has 0 radical (unpaired) electrons. The summed E-state index contributed by atoms with van der Waals surface area (Å²) in [5.74, 6) is -0.895. The van der Waals surface area contributed by atoms with Crippen molar-refractivity contribution in [2.24, 2.45) is 17.6 Å². The molecule has 2 fully saturated rings. The SMILES string of the molecule is NC(=O)C[C@@H](NC(=O)N1CC2CCCC2C1)C(=O)O. The van der Waals surface area contributed by atoms with Crippen LogP contribution in [-0.2, 0) is 9.59 Å². The van der Waals surface area contributed by atoms with Gasteiger partial charge >= 0.3 is 12.0 Å². The Balaban J connectivity index is 1.89. The number of primary amides is 1. The van der Waals surface area contributed by atoms with Crippen LogP contribution in [0.4, 0.5) is 4.79 Å². The number of likely N-dealkylation sites (tertiary alicyclic amines) is 1. The molecule has 7 nitrogen and oxygen atoms in total. The van der Waals surface area contributed by atoms with E-state index in [1.54, 1.807) is 4.90 Å². The molecule has 2 rings (SSSR count). The van der Waals surface area contributed by atoms with Crippen LogP contribution in [0.15, 0.2) is 0 Å². The van der Waals surface area contributed by atoms with Gasteiger partial charge in [0.05, 0.1) is 6.42 Å². The number of hydrogen-bond acceptors (Lipinski definition) is 3. The van der Waals surface area contributed by atoms with Crippen molar-refractivity contribution in [1.82, 2.24) is 10.2 Å². The van der Waals surface area contributed by atoms with Crippen LogP contribution >= 0.6 is 0 Å². The number of amides is 3. The summed E-state index contributed by atoms with van der Waals surface area (Å²) in [4.78, 5) is 35.3. The van der Waals surface area contributed by atoms with E-state index in [1.807, 2.05) is 0 Å². The molecule has 0 aromatic heterocycles. The fourth-order valence-electron chi connectivity index (χ4n) is 3.04. The van der Waals surface area contributed by atoms with Crippen LogP contribution in [-0.4, -0.2) is 47.0 Å². The molecule has 0 bridgehead atoms. The fraction of sp³-hybridized carbons (Fsp3) is 0.750. The lowest BCUT2D eigenvalue weighted by Crippen LogP contribution is -2.48. The molecule has 0 aromatic carbocycles. The Hall–Kier alpha value is -1.79. The van der Waals surface area contributed by atoms with E-state index in [4.69, 9.17) is 10.8 Å². The first kappa shape index (κ1) is 13.6. The van der Waals surface area contributed by atoms with Gasteiger partial charge < -0.3 is 21.1 Å². The zero-order chi connectivity index (χ0) is 14.0. The topological polar surface area (TPSA) is 113 Å². The molecule has 2 aliphatic rings. The van der Waals surface area contributed by atoms with Crippen molar-refractivity contribution in [3.63, 3.8) is 0 Å². The van der Waals surface area contributed by atoms with Gasteiger partial charge in [-0.15, -0.1) is 0 Å². The predicted octanol–water partition coefficient (Wildman–Crippen LogP) is -0.244. The smallest absolute Gasteiger partial charge is 0.326 e. The van der Waals surface area contributed by atoms with Crippen LogP contribution in [0.3, 0.4) is 0 Å². The molecule has 0 spiro atoms. The van der Waals surface area contributed by atoms with Gasteiger partial charge in [0.2, 0.25) is 5.91 Å². The Labute approximate surface area is 111 Å². The number of aliphatic carboxylic acids is 1. The summed E-state index contributed by atoms with van der Waals surface area (Å²) in [6.45, 7) is 1.36. The van der Waals surface area contributed by atoms with Crippen molar-refractivity contribution >= 4 is 17.9 Å². The van der Waals surface area contributed by atoms with E-state index in [1.165, 1.54) is 6.42 Å². The van der Waals surface area contributed by atoms with Crippen LogP contribution in [0.25, 0.3) is 0 Å². The molecule has 1 heterocycles. The van der Waals surface area contributed by atoms with Gasteiger partial charge in [-0.3, -0.25) is 4.79 Å². The second-order valence-electron chi connectivity index (χ2n) is 5.37. The van der Waals surface area contributed by atoms with Gasteiger partial charge in [0.1, 0.15) is 6.04 Å². The molecular formula is C12H19N3O4. The first-order chi connectivity index (χ1) is 8.97. The highest BCUT2D eigenvalue weighted by Crippen LogP contribution is 2.37.